The van der Waals surface area contributed by atoms with Crippen LogP contribution in [0.1, 0.15) is 25.7 Å². The molecule has 0 bridgehead atoms. The lowest BCUT2D eigenvalue weighted by Crippen LogP contribution is -2.35. The predicted octanol–water partition coefficient (Wildman–Crippen LogP) is 2.49. The Kier molecular flexibility index (Phi) is 4.34. The maximum atomic E-state index is 12.1. The Balaban J connectivity index is 0.00000121. The highest BCUT2D eigenvalue weighted by molar-refractivity contribution is 5.85. The Hall–Kier alpha value is 0.0400. The average Bonchev–Trinajstić information content (AvgIpc) is 1.86. The molecule has 1 aliphatic carbocycles. The summed E-state index contributed by atoms with van der Waals surface area (Å²) >= 11 is 0. The highest BCUT2D eigenvalue weighted by Crippen LogP contribution is 2.36. The van der Waals surface area contributed by atoms with E-state index in [1.165, 1.54) is 0 Å². The third-order valence-corrected chi connectivity index (χ3v) is 2.18. The second kappa shape index (κ2) is 4.33. The van der Waals surface area contributed by atoms with Gasteiger partial charge in [-0.1, -0.05) is 6.42 Å². The molecule has 0 aromatic heterocycles. The van der Waals surface area contributed by atoms with E-state index in [2.05, 4.69) is 0 Å². The Morgan fingerprint density at radius 1 is 1.17 bits per heavy atom. The number of halogens is 4. The summed E-state index contributed by atoms with van der Waals surface area (Å²) in [4.78, 5) is 0. The van der Waals surface area contributed by atoms with Crippen LogP contribution in [0.15, 0.2) is 0 Å². The summed E-state index contributed by atoms with van der Waals surface area (Å²) in [6.07, 6.45) is -2.29. The predicted molar refractivity (Wildman–Crippen MR) is 43.2 cm³/mol. The summed E-state index contributed by atoms with van der Waals surface area (Å²) in [5.74, 6) is -1.15. The largest absolute Gasteiger partial charge is 0.391 e. The van der Waals surface area contributed by atoms with Crippen molar-refractivity contribution in [2.75, 3.05) is 0 Å². The highest BCUT2D eigenvalue weighted by Gasteiger charge is 2.41. The maximum absolute atomic E-state index is 12.1. The highest BCUT2D eigenvalue weighted by atomic mass is 35.5. The fraction of sp³-hybridized carbons (Fsp3) is 1.00. The molecule has 0 amide bonds. The topological polar surface area (TPSA) is 26.0 Å². The van der Waals surface area contributed by atoms with Gasteiger partial charge in [-0.25, -0.2) is 0 Å². The Labute approximate surface area is 75.9 Å². The van der Waals surface area contributed by atoms with E-state index in [-0.39, 0.29) is 31.3 Å². The number of rotatable bonds is 0. The number of hydrogen-bond donors (Lipinski definition) is 1. The van der Waals surface area contributed by atoms with E-state index < -0.39 is 12.1 Å². The van der Waals surface area contributed by atoms with Gasteiger partial charge in [-0.3, -0.25) is 0 Å². The van der Waals surface area contributed by atoms with Gasteiger partial charge in [0.05, 0.1) is 5.92 Å². The van der Waals surface area contributed by atoms with Crippen molar-refractivity contribution in [3.8, 4) is 0 Å². The number of nitrogens with two attached hydrogens (primary N) is 1. The van der Waals surface area contributed by atoms with Crippen LogP contribution in [0.2, 0.25) is 0 Å². The van der Waals surface area contributed by atoms with Crippen LogP contribution in [0.3, 0.4) is 0 Å². The summed E-state index contributed by atoms with van der Waals surface area (Å²) in [5.41, 5.74) is 5.42. The van der Waals surface area contributed by atoms with E-state index in [9.17, 15) is 13.2 Å². The monoisotopic (exact) mass is 203 g/mol. The molecule has 2 atom stereocenters. The van der Waals surface area contributed by atoms with Gasteiger partial charge in [0.25, 0.3) is 0 Å². The summed E-state index contributed by atoms with van der Waals surface area (Å²) in [5, 5.41) is 0. The van der Waals surface area contributed by atoms with Gasteiger partial charge >= 0.3 is 6.18 Å². The van der Waals surface area contributed by atoms with Crippen LogP contribution in [0.25, 0.3) is 0 Å². The first-order chi connectivity index (χ1) is 5.00. The molecule has 0 aromatic carbocycles. The first-order valence-electron chi connectivity index (χ1n) is 3.82. The van der Waals surface area contributed by atoms with Crippen LogP contribution >= 0.6 is 12.4 Å². The van der Waals surface area contributed by atoms with Crippen LogP contribution in [-0.2, 0) is 0 Å². The zero-order chi connectivity index (χ0) is 8.48. The summed E-state index contributed by atoms with van der Waals surface area (Å²) in [7, 11) is 0. The zero-order valence-corrected chi connectivity index (χ0v) is 7.42. The Morgan fingerprint density at radius 3 is 2.08 bits per heavy atom. The van der Waals surface area contributed by atoms with Crippen LogP contribution in [0.4, 0.5) is 13.2 Å². The number of hydrogen-bond acceptors (Lipinski definition) is 1. The van der Waals surface area contributed by atoms with Crippen molar-refractivity contribution in [1.82, 2.24) is 0 Å². The van der Waals surface area contributed by atoms with Crippen LogP contribution in [0.5, 0.6) is 0 Å². The molecule has 0 aliphatic heterocycles. The van der Waals surface area contributed by atoms with Crippen molar-refractivity contribution in [3.05, 3.63) is 0 Å². The van der Waals surface area contributed by atoms with Gasteiger partial charge in [0, 0.05) is 6.04 Å². The van der Waals surface area contributed by atoms with E-state index in [0.29, 0.717) is 6.42 Å². The normalized spacial score (nSPS) is 31.0. The molecule has 0 spiro atoms. The smallest absolute Gasteiger partial charge is 0.328 e. The summed E-state index contributed by atoms with van der Waals surface area (Å²) in [6, 6.07) is -0.240. The van der Waals surface area contributed by atoms with Crippen molar-refractivity contribution < 1.29 is 13.2 Å². The van der Waals surface area contributed by atoms with Crippen molar-refractivity contribution in [2.24, 2.45) is 11.7 Å². The third-order valence-electron chi connectivity index (χ3n) is 2.18. The van der Waals surface area contributed by atoms with Crippen LogP contribution in [0, 0.1) is 5.92 Å². The molecule has 1 saturated carbocycles. The van der Waals surface area contributed by atoms with Gasteiger partial charge in [-0.2, -0.15) is 13.2 Å². The van der Waals surface area contributed by atoms with Crippen molar-refractivity contribution >= 4 is 12.4 Å². The fourth-order valence-corrected chi connectivity index (χ4v) is 1.52. The van der Waals surface area contributed by atoms with Gasteiger partial charge in [0.15, 0.2) is 0 Å². The Bertz CT molecular complexity index is 137. The van der Waals surface area contributed by atoms with Gasteiger partial charge in [-0.05, 0) is 19.3 Å². The zero-order valence-electron chi connectivity index (χ0n) is 6.60. The molecule has 1 aliphatic rings. The minimum atomic E-state index is -4.03. The first kappa shape index (κ1) is 12.0. The molecule has 0 heterocycles. The summed E-state index contributed by atoms with van der Waals surface area (Å²) in [6.45, 7) is 0. The molecule has 0 unspecified atom stereocenters. The summed E-state index contributed by atoms with van der Waals surface area (Å²) < 4.78 is 36.2. The molecule has 1 rings (SSSR count). The molecule has 12 heavy (non-hydrogen) atoms. The Morgan fingerprint density at radius 2 is 1.75 bits per heavy atom. The lowest BCUT2D eigenvalue weighted by Gasteiger charge is -2.28. The standard InChI is InChI=1S/C7H12F3N.ClH/c8-7(9,10)5-2-1-3-6(11)4-5;/h5-6H,1-4,11H2;1H/t5-,6+;/m0./s1. The first-order valence-corrected chi connectivity index (χ1v) is 3.82. The molecule has 74 valence electrons. The number of alkyl halides is 3. The van der Waals surface area contributed by atoms with E-state index in [1.54, 1.807) is 0 Å². The second-order valence-electron chi connectivity index (χ2n) is 3.17. The molecule has 0 radical (unpaired) electrons. The molecule has 0 aromatic rings. The molecular weight excluding hydrogens is 191 g/mol. The second-order valence-corrected chi connectivity index (χ2v) is 3.17. The quantitative estimate of drug-likeness (QED) is 0.643. The van der Waals surface area contributed by atoms with Crippen molar-refractivity contribution in [1.29, 1.82) is 0 Å². The van der Waals surface area contributed by atoms with Crippen molar-refractivity contribution in [3.63, 3.8) is 0 Å². The van der Waals surface area contributed by atoms with E-state index >= 15 is 0 Å². The molecule has 1 fully saturated rings. The lowest BCUT2D eigenvalue weighted by atomic mass is 9.86. The minimum absolute atomic E-state index is 0. The third kappa shape index (κ3) is 3.19. The maximum Gasteiger partial charge on any atom is 0.391 e. The molecule has 5 heteroatoms. The van der Waals surface area contributed by atoms with E-state index in [1.807, 2.05) is 0 Å². The van der Waals surface area contributed by atoms with Gasteiger partial charge in [0.1, 0.15) is 0 Å². The van der Waals surface area contributed by atoms with Gasteiger partial charge in [0.2, 0.25) is 0 Å². The van der Waals surface area contributed by atoms with Gasteiger partial charge in [-0.15, -0.1) is 12.4 Å². The van der Waals surface area contributed by atoms with E-state index in [0.717, 1.165) is 6.42 Å². The van der Waals surface area contributed by atoms with Crippen LogP contribution in [-0.4, -0.2) is 12.2 Å². The molecule has 2 N–H and O–H groups in total. The molecule has 1 nitrogen and oxygen atoms in total. The lowest BCUT2D eigenvalue weighted by molar-refractivity contribution is -0.182. The SMILES string of the molecule is Cl.N[C@@H]1CCC[C@H](C(F)(F)F)C1. The molecular formula is C7H13ClF3N. The van der Waals surface area contributed by atoms with E-state index in [4.69, 9.17) is 5.73 Å². The average molecular weight is 204 g/mol. The fourth-order valence-electron chi connectivity index (χ4n) is 1.52. The molecule has 0 saturated heterocycles. The van der Waals surface area contributed by atoms with Gasteiger partial charge < -0.3 is 5.73 Å². The van der Waals surface area contributed by atoms with Crippen LogP contribution < -0.4 is 5.73 Å². The minimum Gasteiger partial charge on any atom is -0.328 e. The van der Waals surface area contributed by atoms with Crippen molar-refractivity contribution in [2.45, 2.75) is 37.9 Å².